The van der Waals surface area contributed by atoms with Crippen LogP contribution in [0, 0.1) is 0 Å². The Labute approximate surface area is 98.8 Å². The molecule has 0 saturated heterocycles. The van der Waals surface area contributed by atoms with E-state index < -0.39 is 52.0 Å². The molecule has 17 heavy (non-hydrogen) atoms. The van der Waals surface area contributed by atoms with Gasteiger partial charge in [-0.2, -0.15) is 0 Å². The zero-order chi connectivity index (χ0) is 13.6. The average molecular weight is 581 g/mol. The van der Waals surface area contributed by atoms with Crippen molar-refractivity contribution in [1.82, 2.24) is 0 Å². The predicted molar refractivity (Wildman–Crippen MR) is 57.3 cm³/mol. The molecule has 2 atom stereocenters. The van der Waals surface area contributed by atoms with E-state index in [1.54, 1.807) is 0 Å². The fourth-order valence-corrected chi connectivity index (χ4v) is 3.15. The molecule has 0 spiro atoms. The van der Waals surface area contributed by atoms with E-state index in [0.717, 1.165) is 12.5 Å². The molecule has 0 aliphatic carbocycles. The summed E-state index contributed by atoms with van der Waals surface area (Å²) in [6.07, 6.45) is 1.73. The average Bonchev–Trinajstić information content (AvgIpc) is 1.72. The van der Waals surface area contributed by atoms with Gasteiger partial charge in [0.15, 0.2) is 19.7 Å². The fraction of sp³-hybridized carbons (Fsp3) is 1.00. The monoisotopic (exact) mass is 581 g/mol. The second-order valence-corrected chi connectivity index (χ2v) is 9.50. The Morgan fingerprint density at radius 3 is 1.00 bits per heavy atom. The van der Waals surface area contributed by atoms with Crippen LogP contribution in [-0.4, -0.2) is 57.0 Å². The van der Waals surface area contributed by atoms with E-state index in [-0.39, 0.29) is 0 Å². The summed E-state index contributed by atoms with van der Waals surface area (Å²) in [6.45, 7) is 0. The largest absolute Gasteiger partial charge is 0.772 e. The topological polar surface area (TPSA) is 149 Å². The Bertz CT molecular complexity index is 406. The normalized spacial score (nSPS) is 14.8. The molecular weight excluding hydrogens is 571 g/mol. The Kier molecular flexibility index (Phi) is 10.4. The smallest absolute Gasteiger partial charge is 0.158 e. The van der Waals surface area contributed by atoms with Gasteiger partial charge in [0, 0.05) is 12.5 Å². The van der Waals surface area contributed by atoms with Crippen molar-refractivity contribution in [3.8, 4) is 0 Å². The van der Waals surface area contributed by atoms with Gasteiger partial charge in [-0.15, -0.1) is 0 Å². The van der Waals surface area contributed by atoms with Crippen molar-refractivity contribution in [1.29, 1.82) is 0 Å². The Morgan fingerprint density at radius 1 is 0.824 bits per heavy atom. The van der Waals surface area contributed by atoms with Crippen LogP contribution in [0.15, 0.2) is 0 Å². The first-order chi connectivity index (χ1) is 6.83. The van der Waals surface area contributed by atoms with Crippen LogP contribution in [-0.2, 0) is 41.8 Å². The molecule has 0 heterocycles. The van der Waals surface area contributed by atoms with Gasteiger partial charge in [-0.1, -0.05) is 0 Å². The molecule has 13 heteroatoms. The zero-order valence-electron chi connectivity index (χ0n) is 9.02. The summed E-state index contributed by atoms with van der Waals surface area (Å²) in [6, 6.07) is 0. The molecule has 0 amide bonds. The van der Waals surface area contributed by atoms with Crippen LogP contribution in [0.5, 0.6) is 0 Å². The van der Waals surface area contributed by atoms with Gasteiger partial charge in [-0.05, 0) is 22.2 Å². The van der Waals surface area contributed by atoms with E-state index in [0.29, 0.717) is 0 Å². The molecule has 0 fully saturated rings. The summed E-state index contributed by atoms with van der Waals surface area (Å²) in [5.74, 6) is 0. The van der Waals surface area contributed by atoms with Gasteiger partial charge in [0.25, 0.3) is 0 Å². The minimum atomic E-state index is -3.34. The first-order valence-corrected chi connectivity index (χ1v) is 9.91. The summed E-state index contributed by atoms with van der Waals surface area (Å²) < 4.78 is 78.7. The van der Waals surface area contributed by atoms with E-state index in [9.17, 15) is 34.4 Å². The number of rotatable bonds is 4. The third-order valence-corrected chi connectivity index (χ3v) is 5.59. The van der Waals surface area contributed by atoms with E-state index in [1.807, 2.05) is 0 Å². The minimum Gasteiger partial charge on any atom is -0.772 e. The van der Waals surface area contributed by atoms with Crippen LogP contribution < -0.4 is 0 Å². The van der Waals surface area contributed by atoms with E-state index in [2.05, 4.69) is 0 Å². The molecule has 102 valence electrons. The molecule has 0 rings (SSSR count). The molecule has 8 nitrogen and oxygen atoms in total. The molecule has 0 aliphatic heterocycles. The van der Waals surface area contributed by atoms with E-state index in [4.69, 9.17) is 0 Å². The van der Waals surface area contributed by atoms with Crippen LogP contribution in [0.4, 0.5) is 0 Å². The first kappa shape index (κ1) is 21.4. The Balaban J connectivity index is -0.000000218. The summed E-state index contributed by atoms with van der Waals surface area (Å²) in [4.78, 5) is 0. The second-order valence-electron chi connectivity index (χ2n) is 2.69. The molecule has 0 radical (unpaired) electrons. The van der Waals surface area contributed by atoms with Crippen molar-refractivity contribution in [2.45, 2.75) is 0 Å². The SMILES string of the molecule is CS(=O)(=O)CS(=O)[O-].CS(=O)(=O)CS(=O)[O-].[Rf]. The number of hydrogen-bond acceptors (Lipinski definition) is 8. The van der Waals surface area contributed by atoms with Gasteiger partial charge < -0.3 is 9.11 Å². The standard InChI is InChI=1S/2C2H6O4S2.Rf/c2*1-8(5,6)2-7(3)4;/h2*2H2,1H3,(H,3,4);/p-2. The van der Waals surface area contributed by atoms with Crippen molar-refractivity contribution in [3.63, 3.8) is 0 Å². The van der Waals surface area contributed by atoms with Gasteiger partial charge >= 0.3 is 0 Å². The van der Waals surface area contributed by atoms with Gasteiger partial charge in [-0.3, -0.25) is 8.42 Å². The van der Waals surface area contributed by atoms with Gasteiger partial charge in [0.05, 0.1) is 0 Å². The molecule has 2 unspecified atom stereocenters. The molecule has 0 N–H and O–H groups in total. The quantitative estimate of drug-likeness (QED) is 0.338. The van der Waals surface area contributed by atoms with Crippen molar-refractivity contribution in [2.24, 2.45) is 0 Å². The summed E-state index contributed by atoms with van der Waals surface area (Å²) in [5.41, 5.74) is 0. The molecular formula is C4H10O8RfS4-2. The number of hydrogen-bond donors (Lipinski definition) is 0. The third kappa shape index (κ3) is 31.3. The van der Waals surface area contributed by atoms with Gasteiger partial charge in [0.2, 0.25) is 0 Å². The molecule has 0 aliphatic rings. The Morgan fingerprint density at radius 2 is 1.00 bits per heavy atom. The van der Waals surface area contributed by atoms with Crippen molar-refractivity contribution >= 4 is 41.8 Å². The maximum absolute atomic E-state index is 10.0. The Hall–Kier alpha value is -0.880. The van der Waals surface area contributed by atoms with Crippen molar-refractivity contribution < 1.29 is 34.4 Å². The van der Waals surface area contributed by atoms with E-state index >= 15 is 0 Å². The van der Waals surface area contributed by atoms with E-state index in [1.165, 1.54) is 0 Å². The molecule has 0 aromatic carbocycles. The van der Waals surface area contributed by atoms with Crippen molar-refractivity contribution in [2.75, 3.05) is 22.7 Å². The summed E-state index contributed by atoms with van der Waals surface area (Å²) >= 11 is -4.95. The van der Waals surface area contributed by atoms with Crippen molar-refractivity contribution in [3.05, 3.63) is 0 Å². The minimum absolute atomic E-state index is 0. The first-order valence-electron chi connectivity index (χ1n) is 3.30. The molecule has 0 aromatic heterocycles. The van der Waals surface area contributed by atoms with Crippen LogP contribution in [0.25, 0.3) is 0 Å². The van der Waals surface area contributed by atoms with Gasteiger partial charge in [0.1, 0.15) is 10.2 Å². The fourth-order valence-electron chi connectivity index (χ4n) is 0.350. The van der Waals surface area contributed by atoms with Crippen LogP contribution in [0.3, 0.4) is 0 Å². The predicted octanol–water partition coefficient (Wildman–Crippen LogP) is -2.26. The second kappa shape index (κ2) is 8.25. The maximum Gasteiger partial charge on any atom is 0.158 e. The van der Waals surface area contributed by atoms with Crippen LogP contribution in [0.1, 0.15) is 0 Å². The molecule has 0 saturated carbocycles. The van der Waals surface area contributed by atoms with Gasteiger partial charge in [-0.25, -0.2) is 16.8 Å². The summed E-state index contributed by atoms with van der Waals surface area (Å²) in [7, 11) is -6.67. The molecule has 0 bridgehead atoms. The zero-order valence-corrected chi connectivity index (χ0v) is 18.7. The van der Waals surface area contributed by atoms with Crippen LogP contribution >= 0.6 is 0 Å². The maximum atomic E-state index is 10.0. The third-order valence-electron chi connectivity index (χ3n) is 0.621. The number of sulfone groups is 2. The summed E-state index contributed by atoms with van der Waals surface area (Å²) in [5, 5.41) is -1.57. The molecule has 0 aromatic rings. The van der Waals surface area contributed by atoms with Crippen LogP contribution in [0.2, 0.25) is 0 Å².